The van der Waals surface area contributed by atoms with Crippen LogP contribution in [0.5, 0.6) is 0 Å². The fourth-order valence-electron chi connectivity index (χ4n) is 1.49. The maximum absolute atomic E-state index is 5.94. The smallest absolute Gasteiger partial charge is 0.0997 e. The third kappa shape index (κ3) is 4.25. The monoisotopic (exact) mass is 238 g/mol. The molecule has 0 aromatic carbocycles. The zero-order chi connectivity index (χ0) is 11.1. The van der Waals surface area contributed by atoms with E-state index in [1.807, 2.05) is 0 Å². The molecule has 0 heterocycles. The summed E-state index contributed by atoms with van der Waals surface area (Å²) in [4.78, 5) is 0. The molecule has 4 nitrogen and oxygen atoms in total. The van der Waals surface area contributed by atoms with Gasteiger partial charge in [-0.2, -0.15) is 0 Å². The Labute approximate surface area is 95.8 Å². The second-order valence-corrected chi connectivity index (χ2v) is 4.03. The Kier molecular flexibility index (Phi) is 6.52. The SMILES string of the molecule is COCCOCCOC1CC(Cl)C1OC. The molecule has 0 saturated heterocycles. The van der Waals surface area contributed by atoms with E-state index in [0.717, 1.165) is 6.42 Å². The first-order chi connectivity index (χ1) is 7.29. The summed E-state index contributed by atoms with van der Waals surface area (Å²) in [7, 11) is 3.31. The highest BCUT2D eigenvalue weighted by Gasteiger charge is 2.40. The Hall–Kier alpha value is 0.130. The summed E-state index contributed by atoms with van der Waals surface area (Å²) in [6, 6.07) is 0. The molecule has 1 aliphatic rings. The van der Waals surface area contributed by atoms with Gasteiger partial charge in [0.15, 0.2) is 0 Å². The molecule has 0 bridgehead atoms. The highest BCUT2D eigenvalue weighted by atomic mass is 35.5. The summed E-state index contributed by atoms with van der Waals surface area (Å²) < 4.78 is 20.9. The van der Waals surface area contributed by atoms with E-state index in [1.165, 1.54) is 0 Å². The standard InChI is InChI=1S/C10H19ClO4/c1-12-3-4-14-5-6-15-9-7-8(11)10(9)13-2/h8-10H,3-7H2,1-2H3. The van der Waals surface area contributed by atoms with Crippen molar-refractivity contribution in [2.24, 2.45) is 0 Å². The molecule has 3 unspecified atom stereocenters. The van der Waals surface area contributed by atoms with Gasteiger partial charge in [-0.15, -0.1) is 11.6 Å². The number of ether oxygens (including phenoxy) is 4. The maximum atomic E-state index is 5.94. The minimum absolute atomic E-state index is 0.0330. The van der Waals surface area contributed by atoms with Gasteiger partial charge in [-0.1, -0.05) is 0 Å². The molecule has 15 heavy (non-hydrogen) atoms. The van der Waals surface area contributed by atoms with Gasteiger partial charge in [-0.25, -0.2) is 0 Å². The van der Waals surface area contributed by atoms with Gasteiger partial charge >= 0.3 is 0 Å². The van der Waals surface area contributed by atoms with Crippen molar-refractivity contribution in [1.82, 2.24) is 0 Å². The second kappa shape index (κ2) is 7.41. The molecule has 0 amide bonds. The number of rotatable bonds is 8. The topological polar surface area (TPSA) is 36.9 Å². The van der Waals surface area contributed by atoms with Crippen molar-refractivity contribution in [1.29, 1.82) is 0 Å². The lowest BCUT2D eigenvalue weighted by molar-refractivity contribution is -0.119. The number of hydrogen-bond acceptors (Lipinski definition) is 4. The fraction of sp³-hybridized carbons (Fsp3) is 1.00. The van der Waals surface area contributed by atoms with Crippen molar-refractivity contribution in [2.75, 3.05) is 40.6 Å². The van der Waals surface area contributed by atoms with Gasteiger partial charge in [0.2, 0.25) is 0 Å². The van der Waals surface area contributed by atoms with E-state index in [9.17, 15) is 0 Å². The molecule has 0 radical (unpaired) electrons. The lowest BCUT2D eigenvalue weighted by atomic mass is 9.91. The first kappa shape index (κ1) is 13.2. The van der Waals surface area contributed by atoms with Crippen LogP contribution in [0.3, 0.4) is 0 Å². The molecule has 0 N–H and O–H groups in total. The molecule has 5 heteroatoms. The largest absolute Gasteiger partial charge is 0.382 e. The molecule has 0 spiro atoms. The van der Waals surface area contributed by atoms with Crippen molar-refractivity contribution in [3.63, 3.8) is 0 Å². The Bertz CT molecular complexity index is 168. The lowest BCUT2D eigenvalue weighted by Crippen LogP contribution is -2.50. The number of hydrogen-bond donors (Lipinski definition) is 0. The van der Waals surface area contributed by atoms with Gasteiger partial charge in [-0.3, -0.25) is 0 Å². The third-order valence-electron chi connectivity index (χ3n) is 2.44. The summed E-state index contributed by atoms with van der Waals surface area (Å²) in [5, 5.41) is 0.0920. The van der Waals surface area contributed by atoms with Gasteiger partial charge in [-0.05, 0) is 6.42 Å². The number of halogens is 1. The van der Waals surface area contributed by atoms with Crippen molar-refractivity contribution < 1.29 is 18.9 Å². The number of methoxy groups -OCH3 is 2. The molecule has 0 aromatic rings. The molecule has 1 fully saturated rings. The van der Waals surface area contributed by atoms with E-state index < -0.39 is 0 Å². The summed E-state index contributed by atoms with van der Waals surface area (Å²) in [6.07, 6.45) is 1.02. The van der Waals surface area contributed by atoms with Crippen LogP contribution in [0.15, 0.2) is 0 Å². The minimum atomic E-state index is 0.0330. The number of alkyl halides is 1. The molecule has 0 aliphatic heterocycles. The molecule has 0 aromatic heterocycles. The zero-order valence-corrected chi connectivity index (χ0v) is 10.0. The summed E-state index contributed by atoms with van der Waals surface area (Å²) >= 11 is 5.94. The highest BCUT2D eigenvalue weighted by Crippen LogP contribution is 2.31. The molecule has 1 rings (SSSR count). The van der Waals surface area contributed by atoms with E-state index in [2.05, 4.69) is 0 Å². The van der Waals surface area contributed by atoms with Crippen molar-refractivity contribution in [3.8, 4) is 0 Å². The summed E-state index contributed by atoms with van der Waals surface area (Å²) in [5.74, 6) is 0. The van der Waals surface area contributed by atoms with E-state index in [-0.39, 0.29) is 17.6 Å². The van der Waals surface area contributed by atoms with Crippen LogP contribution in [0.2, 0.25) is 0 Å². The molecular formula is C10H19ClO4. The Morgan fingerprint density at radius 3 is 2.47 bits per heavy atom. The normalized spacial score (nSPS) is 30.2. The van der Waals surface area contributed by atoms with Gasteiger partial charge in [0, 0.05) is 14.2 Å². The first-order valence-electron chi connectivity index (χ1n) is 5.14. The van der Waals surface area contributed by atoms with Crippen LogP contribution < -0.4 is 0 Å². The van der Waals surface area contributed by atoms with Crippen LogP contribution >= 0.6 is 11.6 Å². The Morgan fingerprint density at radius 2 is 1.87 bits per heavy atom. The molecule has 90 valence electrons. The van der Waals surface area contributed by atoms with Gasteiger partial charge < -0.3 is 18.9 Å². The van der Waals surface area contributed by atoms with Crippen LogP contribution in [0.1, 0.15) is 6.42 Å². The average molecular weight is 239 g/mol. The average Bonchev–Trinajstić information content (AvgIpc) is 2.22. The lowest BCUT2D eigenvalue weighted by Gasteiger charge is -2.39. The quantitative estimate of drug-likeness (QED) is 0.468. The van der Waals surface area contributed by atoms with E-state index in [0.29, 0.717) is 26.4 Å². The minimum Gasteiger partial charge on any atom is -0.382 e. The zero-order valence-electron chi connectivity index (χ0n) is 9.28. The first-order valence-corrected chi connectivity index (χ1v) is 5.58. The van der Waals surface area contributed by atoms with Crippen molar-refractivity contribution in [2.45, 2.75) is 24.0 Å². The predicted molar refractivity (Wildman–Crippen MR) is 57.5 cm³/mol. The highest BCUT2D eigenvalue weighted by molar-refractivity contribution is 6.21. The predicted octanol–water partition coefficient (Wildman–Crippen LogP) is 1.06. The Balaban J connectivity index is 1.92. The van der Waals surface area contributed by atoms with E-state index >= 15 is 0 Å². The maximum Gasteiger partial charge on any atom is 0.0997 e. The van der Waals surface area contributed by atoms with Crippen LogP contribution in [0, 0.1) is 0 Å². The summed E-state index contributed by atoms with van der Waals surface area (Å²) in [5.41, 5.74) is 0. The molecular weight excluding hydrogens is 220 g/mol. The summed E-state index contributed by atoms with van der Waals surface area (Å²) in [6.45, 7) is 2.39. The van der Waals surface area contributed by atoms with Crippen LogP contribution in [-0.2, 0) is 18.9 Å². The van der Waals surface area contributed by atoms with E-state index in [1.54, 1.807) is 14.2 Å². The van der Waals surface area contributed by atoms with Crippen LogP contribution in [-0.4, -0.2) is 58.2 Å². The second-order valence-electron chi connectivity index (χ2n) is 3.47. The third-order valence-corrected chi connectivity index (χ3v) is 2.87. The van der Waals surface area contributed by atoms with Gasteiger partial charge in [0.05, 0.1) is 44.0 Å². The van der Waals surface area contributed by atoms with E-state index in [4.69, 9.17) is 30.5 Å². The van der Waals surface area contributed by atoms with Crippen LogP contribution in [0.25, 0.3) is 0 Å². The van der Waals surface area contributed by atoms with Crippen LogP contribution in [0.4, 0.5) is 0 Å². The van der Waals surface area contributed by atoms with Crippen molar-refractivity contribution in [3.05, 3.63) is 0 Å². The van der Waals surface area contributed by atoms with Gasteiger partial charge in [0.25, 0.3) is 0 Å². The Morgan fingerprint density at radius 1 is 1.13 bits per heavy atom. The fourth-order valence-corrected chi connectivity index (χ4v) is 1.93. The van der Waals surface area contributed by atoms with Crippen molar-refractivity contribution >= 4 is 11.6 Å². The molecule has 1 saturated carbocycles. The molecule has 1 aliphatic carbocycles. The molecule has 3 atom stereocenters. The van der Waals surface area contributed by atoms with Gasteiger partial charge in [0.1, 0.15) is 0 Å².